The van der Waals surface area contributed by atoms with Crippen molar-refractivity contribution >= 4 is 22.7 Å². The van der Waals surface area contributed by atoms with Crippen molar-refractivity contribution in [1.29, 1.82) is 5.26 Å². The van der Waals surface area contributed by atoms with Crippen molar-refractivity contribution in [1.82, 2.24) is 0 Å². The Labute approximate surface area is 185 Å². The number of ether oxygens (including phenoxy) is 1. The fourth-order valence-corrected chi connectivity index (χ4v) is 4.06. The summed E-state index contributed by atoms with van der Waals surface area (Å²) in [7, 11) is 0. The van der Waals surface area contributed by atoms with Crippen LogP contribution in [0, 0.1) is 11.3 Å². The van der Waals surface area contributed by atoms with Gasteiger partial charge < -0.3 is 15.6 Å². The second kappa shape index (κ2) is 7.93. The number of aromatic hydroxyl groups is 1. The summed E-state index contributed by atoms with van der Waals surface area (Å²) in [6.07, 6.45) is 1.63. The van der Waals surface area contributed by atoms with Crippen molar-refractivity contribution in [3.63, 3.8) is 0 Å². The molecule has 0 unspecified atom stereocenters. The number of phenolic OH excluding ortho intramolecular Hbond substituents is 1. The maximum Gasteiger partial charge on any atom is 0.205 e. The van der Waals surface area contributed by atoms with E-state index in [1.165, 1.54) is 6.07 Å². The van der Waals surface area contributed by atoms with Gasteiger partial charge in [-0.05, 0) is 23.1 Å². The van der Waals surface area contributed by atoms with E-state index in [9.17, 15) is 10.4 Å². The van der Waals surface area contributed by atoms with Crippen LogP contribution in [-0.2, 0) is 0 Å². The van der Waals surface area contributed by atoms with Crippen LogP contribution in [0.2, 0.25) is 0 Å². The molecule has 1 atom stereocenters. The van der Waals surface area contributed by atoms with Crippen LogP contribution in [0.1, 0.15) is 22.6 Å². The largest absolute Gasteiger partial charge is 0.507 e. The first-order valence-corrected chi connectivity index (χ1v) is 10.2. The molecule has 1 aliphatic rings. The standard InChI is InChI=1S/C27H19N3O2/c28-15-22-26(18-8-2-1-3-9-18)21-13-19(24(31)14-25(21)32-27(22)29)16-30-23-12-6-10-17-7-4-5-11-20(17)23/h1-14,16,26,31H,29H2/t26-/m0/s1. The molecule has 1 aliphatic heterocycles. The molecule has 5 rings (SSSR count). The van der Waals surface area contributed by atoms with Gasteiger partial charge in [0.25, 0.3) is 0 Å². The highest BCUT2D eigenvalue weighted by atomic mass is 16.5. The topological polar surface area (TPSA) is 91.6 Å². The highest BCUT2D eigenvalue weighted by molar-refractivity contribution is 5.96. The molecule has 1 heterocycles. The molecule has 0 aromatic heterocycles. The second-order valence-corrected chi connectivity index (χ2v) is 7.54. The quantitative estimate of drug-likeness (QED) is 0.430. The lowest BCUT2D eigenvalue weighted by molar-refractivity contribution is 0.388. The molecule has 0 saturated heterocycles. The van der Waals surface area contributed by atoms with Crippen molar-refractivity contribution < 1.29 is 9.84 Å². The predicted molar refractivity (Wildman–Crippen MR) is 125 cm³/mol. The maximum absolute atomic E-state index is 10.6. The zero-order valence-electron chi connectivity index (χ0n) is 17.1. The summed E-state index contributed by atoms with van der Waals surface area (Å²) < 4.78 is 5.67. The Morgan fingerprint density at radius 2 is 1.72 bits per heavy atom. The van der Waals surface area contributed by atoms with Crippen LogP contribution in [-0.4, -0.2) is 11.3 Å². The van der Waals surface area contributed by atoms with Gasteiger partial charge in [0.05, 0.1) is 11.6 Å². The Bertz CT molecular complexity index is 1430. The summed E-state index contributed by atoms with van der Waals surface area (Å²) in [6, 6.07) is 29.1. The van der Waals surface area contributed by atoms with Crippen LogP contribution in [0.15, 0.2) is 101 Å². The lowest BCUT2D eigenvalue weighted by Gasteiger charge is -2.27. The number of aliphatic imine (C=N–C) groups is 1. The third-order valence-corrected chi connectivity index (χ3v) is 5.61. The van der Waals surface area contributed by atoms with E-state index in [0.717, 1.165) is 27.6 Å². The van der Waals surface area contributed by atoms with Crippen LogP contribution in [0.25, 0.3) is 10.8 Å². The van der Waals surface area contributed by atoms with E-state index in [4.69, 9.17) is 10.5 Å². The number of hydrogen-bond donors (Lipinski definition) is 2. The first kappa shape index (κ1) is 19.4. The second-order valence-electron chi connectivity index (χ2n) is 7.54. The zero-order chi connectivity index (χ0) is 22.1. The third-order valence-electron chi connectivity index (χ3n) is 5.61. The third kappa shape index (κ3) is 3.34. The molecule has 3 N–H and O–H groups in total. The van der Waals surface area contributed by atoms with Gasteiger partial charge in [0.15, 0.2) is 0 Å². The molecule has 154 valence electrons. The molecule has 5 nitrogen and oxygen atoms in total. The van der Waals surface area contributed by atoms with Gasteiger partial charge >= 0.3 is 0 Å². The Kier molecular flexibility index (Phi) is 4.81. The van der Waals surface area contributed by atoms with Crippen LogP contribution >= 0.6 is 0 Å². The Hall–Kier alpha value is -4.56. The van der Waals surface area contributed by atoms with Crippen molar-refractivity contribution in [2.24, 2.45) is 10.7 Å². The summed E-state index contributed by atoms with van der Waals surface area (Å²) in [5.41, 5.74) is 9.37. The number of fused-ring (bicyclic) bond motifs is 2. The van der Waals surface area contributed by atoms with Gasteiger partial charge in [0, 0.05) is 28.8 Å². The predicted octanol–water partition coefficient (Wildman–Crippen LogP) is 5.51. The number of nitriles is 1. The van der Waals surface area contributed by atoms with Crippen molar-refractivity contribution in [3.05, 3.63) is 113 Å². The van der Waals surface area contributed by atoms with Crippen molar-refractivity contribution in [2.45, 2.75) is 5.92 Å². The average molecular weight is 417 g/mol. The molecule has 5 heteroatoms. The molecular weight excluding hydrogens is 398 g/mol. The van der Waals surface area contributed by atoms with Gasteiger partial charge in [-0.15, -0.1) is 0 Å². The number of hydrogen-bond acceptors (Lipinski definition) is 5. The highest BCUT2D eigenvalue weighted by Gasteiger charge is 2.31. The minimum Gasteiger partial charge on any atom is -0.507 e. The van der Waals surface area contributed by atoms with E-state index in [-0.39, 0.29) is 11.6 Å². The van der Waals surface area contributed by atoms with E-state index in [0.29, 0.717) is 16.9 Å². The van der Waals surface area contributed by atoms with E-state index in [1.54, 1.807) is 12.3 Å². The SMILES string of the molecule is N#CC1=C(N)Oc2cc(O)c(C=Nc3cccc4ccccc34)cc2[C@@H]1c1ccccc1. The van der Waals surface area contributed by atoms with Crippen molar-refractivity contribution in [3.8, 4) is 17.6 Å². The molecule has 0 aliphatic carbocycles. The molecule has 0 fully saturated rings. The first-order valence-electron chi connectivity index (χ1n) is 10.2. The number of nitrogens with zero attached hydrogens (tertiary/aromatic N) is 2. The number of phenols is 1. The van der Waals surface area contributed by atoms with E-state index in [2.05, 4.69) is 11.1 Å². The van der Waals surface area contributed by atoms with Gasteiger partial charge in [0.1, 0.15) is 23.1 Å². The monoisotopic (exact) mass is 417 g/mol. The highest BCUT2D eigenvalue weighted by Crippen LogP contribution is 2.44. The first-order chi connectivity index (χ1) is 15.7. The fraction of sp³-hybridized carbons (Fsp3) is 0.0370. The summed E-state index contributed by atoms with van der Waals surface area (Å²) in [6.45, 7) is 0. The summed E-state index contributed by atoms with van der Waals surface area (Å²) in [4.78, 5) is 4.64. The van der Waals surface area contributed by atoms with Gasteiger partial charge in [-0.2, -0.15) is 5.26 Å². The van der Waals surface area contributed by atoms with Crippen LogP contribution in [0.5, 0.6) is 11.5 Å². The number of rotatable bonds is 3. The smallest absolute Gasteiger partial charge is 0.205 e. The average Bonchev–Trinajstić information content (AvgIpc) is 2.82. The van der Waals surface area contributed by atoms with Crippen LogP contribution < -0.4 is 10.5 Å². The summed E-state index contributed by atoms with van der Waals surface area (Å²) >= 11 is 0. The molecule has 0 bridgehead atoms. The molecule has 4 aromatic carbocycles. The molecule has 32 heavy (non-hydrogen) atoms. The molecule has 0 saturated carbocycles. The molecule has 0 spiro atoms. The van der Waals surface area contributed by atoms with Crippen LogP contribution in [0.4, 0.5) is 5.69 Å². The lowest BCUT2D eigenvalue weighted by atomic mass is 9.83. The maximum atomic E-state index is 10.6. The van der Waals surface area contributed by atoms with Gasteiger partial charge in [0.2, 0.25) is 5.88 Å². The van der Waals surface area contributed by atoms with Crippen molar-refractivity contribution in [2.75, 3.05) is 0 Å². The normalized spacial score (nSPS) is 15.4. The number of nitrogens with two attached hydrogens (primary N) is 1. The molecule has 0 radical (unpaired) electrons. The fourth-order valence-electron chi connectivity index (χ4n) is 4.06. The van der Waals surface area contributed by atoms with E-state index < -0.39 is 5.92 Å². The Morgan fingerprint density at radius 1 is 0.969 bits per heavy atom. The number of allylic oxidation sites excluding steroid dienone is 1. The zero-order valence-corrected chi connectivity index (χ0v) is 17.1. The van der Waals surface area contributed by atoms with Gasteiger partial charge in [-0.1, -0.05) is 66.7 Å². The lowest BCUT2D eigenvalue weighted by Crippen LogP contribution is -2.21. The van der Waals surface area contributed by atoms with E-state index in [1.807, 2.05) is 72.8 Å². The summed E-state index contributed by atoms with van der Waals surface area (Å²) in [5, 5.41) is 22.5. The molecular formula is C27H19N3O2. The molecule has 4 aromatic rings. The Morgan fingerprint density at radius 3 is 2.53 bits per heavy atom. The summed E-state index contributed by atoms with van der Waals surface area (Å²) in [5.74, 6) is 0.101. The van der Waals surface area contributed by atoms with Crippen LogP contribution in [0.3, 0.4) is 0 Å². The molecule has 0 amide bonds. The van der Waals surface area contributed by atoms with Gasteiger partial charge in [-0.3, -0.25) is 4.99 Å². The minimum atomic E-state index is -0.393. The van der Waals surface area contributed by atoms with E-state index >= 15 is 0 Å². The minimum absolute atomic E-state index is 0.0211. The van der Waals surface area contributed by atoms with Gasteiger partial charge in [-0.25, -0.2) is 0 Å². The number of benzene rings is 4. The Balaban J connectivity index is 1.62.